The summed E-state index contributed by atoms with van der Waals surface area (Å²) >= 11 is 0. The van der Waals surface area contributed by atoms with Gasteiger partial charge in [0.2, 0.25) is 5.91 Å². The Morgan fingerprint density at radius 3 is 2.43 bits per heavy atom. The van der Waals surface area contributed by atoms with Crippen LogP contribution in [0.5, 0.6) is 5.75 Å². The van der Waals surface area contributed by atoms with E-state index >= 15 is 0 Å². The molecule has 1 amide bonds. The molecular weight excluding hydrogens is 354 g/mol. The van der Waals surface area contributed by atoms with Crippen LogP contribution in [0.25, 0.3) is 0 Å². The van der Waals surface area contributed by atoms with E-state index in [2.05, 4.69) is 5.32 Å². The van der Waals surface area contributed by atoms with Gasteiger partial charge in [-0.3, -0.25) is 9.59 Å². The van der Waals surface area contributed by atoms with Gasteiger partial charge in [0, 0.05) is 6.42 Å². The summed E-state index contributed by atoms with van der Waals surface area (Å²) in [5.41, 5.74) is 3.18. The van der Waals surface area contributed by atoms with Crippen LogP contribution in [-0.4, -0.2) is 25.6 Å². The Balaban J connectivity index is 1.78. The first-order valence-corrected chi connectivity index (χ1v) is 9.60. The molecule has 0 radical (unpaired) electrons. The lowest BCUT2D eigenvalue weighted by Gasteiger charge is -2.18. The number of methoxy groups -OCH3 is 1. The van der Waals surface area contributed by atoms with E-state index in [4.69, 9.17) is 9.47 Å². The third-order valence-corrected chi connectivity index (χ3v) is 4.47. The second kappa shape index (κ2) is 11.1. The number of carbonyl (C=O) groups is 2. The summed E-state index contributed by atoms with van der Waals surface area (Å²) in [6, 6.07) is 15.3. The zero-order valence-corrected chi connectivity index (χ0v) is 16.9. The first-order valence-electron chi connectivity index (χ1n) is 9.60. The summed E-state index contributed by atoms with van der Waals surface area (Å²) in [7, 11) is 1.35. The van der Waals surface area contributed by atoms with E-state index in [0.717, 1.165) is 35.3 Å². The molecule has 28 heavy (non-hydrogen) atoms. The van der Waals surface area contributed by atoms with Crippen molar-refractivity contribution in [3.63, 3.8) is 0 Å². The van der Waals surface area contributed by atoms with Gasteiger partial charge in [0.25, 0.3) is 0 Å². The van der Waals surface area contributed by atoms with Crippen molar-refractivity contribution in [3.8, 4) is 5.75 Å². The molecule has 0 aliphatic rings. The van der Waals surface area contributed by atoms with Crippen molar-refractivity contribution in [3.05, 3.63) is 65.2 Å². The maximum atomic E-state index is 12.3. The number of hydrogen-bond acceptors (Lipinski definition) is 4. The van der Waals surface area contributed by atoms with Gasteiger partial charge in [-0.05, 0) is 49.9 Å². The van der Waals surface area contributed by atoms with Crippen LogP contribution in [0.2, 0.25) is 0 Å². The first kappa shape index (κ1) is 21.5. The maximum absolute atomic E-state index is 12.3. The molecule has 0 aromatic heterocycles. The predicted octanol–water partition coefficient (Wildman–Crippen LogP) is 4.27. The van der Waals surface area contributed by atoms with Crippen molar-refractivity contribution in [2.75, 3.05) is 13.7 Å². The van der Waals surface area contributed by atoms with Crippen LogP contribution < -0.4 is 10.1 Å². The van der Waals surface area contributed by atoms with Crippen LogP contribution in [0.15, 0.2) is 48.5 Å². The number of esters is 1. The number of benzene rings is 2. The minimum absolute atomic E-state index is 0.0787. The maximum Gasteiger partial charge on any atom is 0.307 e. The van der Waals surface area contributed by atoms with Gasteiger partial charge in [0.05, 0.1) is 26.2 Å². The average Bonchev–Trinajstić information content (AvgIpc) is 2.67. The number of carbonyl (C=O) groups excluding carboxylic acids is 2. The standard InChI is InChI=1S/C23H29NO4/c1-17-10-12-19(13-11-17)21(16-23(26)27-3)24-22(25)9-4-5-14-28-20-8-6-7-18(2)15-20/h6-8,10-13,15,21H,4-5,9,14,16H2,1-3H3,(H,24,25). The second-order valence-electron chi connectivity index (χ2n) is 6.93. The molecule has 1 N–H and O–H groups in total. The molecule has 2 rings (SSSR count). The number of aryl methyl sites for hydroxylation is 2. The first-order chi connectivity index (χ1) is 13.5. The van der Waals surface area contributed by atoms with Gasteiger partial charge in [-0.2, -0.15) is 0 Å². The number of rotatable bonds is 10. The lowest BCUT2D eigenvalue weighted by atomic mass is 10.0. The fourth-order valence-electron chi connectivity index (χ4n) is 2.85. The molecule has 2 aromatic carbocycles. The van der Waals surface area contributed by atoms with Crippen LogP contribution >= 0.6 is 0 Å². The van der Waals surface area contributed by atoms with Crippen molar-refractivity contribution in [1.29, 1.82) is 0 Å². The fourth-order valence-corrected chi connectivity index (χ4v) is 2.85. The number of hydrogen-bond donors (Lipinski definition) is 1. The molecule has 0 aliphatic heterocycles. The molecule has 0 aliphatic carbocycles. The summed E-state index contributed by atoms with van der Waals surface area (Å²) in [4.78, 5) is 24.0. The predicted molar refractivity (Wildman–Crippen MR) is 109 cm³/mol. The second-order valence-corrected chi connectivity index (χ2v) is 6.93. The number of unbranched alkanes of at least 4 members (excludes halogenated alkanes) is 1. The molecule has 1 unspecified atom stereocenters. The molecule has 5 nitrogen and oxygen atoms in total. The Hall–Kier alpha value is -2.82. The van der Waals surface area contributed by atoms with E-state index in [1.807, 2.05) is 62.4 Å². The summed E-state index contributed by atoms with van der Waals surface area (Å²) < 4.78 is 10.5. The van der Waals surface area contributed by atoms with Crippen LogP contribution in [-0.2, 0) is 14.3 Å². The van der Waals surface area contributed by atoms with Crippen LogP contribution in [0, 0.1) is 13.8 Å². The minimum Gasteiger partial charge on any atom is -0.494 e. The number of ether oxygens (including phenoxy) is 2. The number of amides is 1. The van der Waals surface area contributed by atoms with E-state index in [1.54, 1.807) is 0 Å². The largest absolute Gasteiger partial charge is 0.494 e. The smallest absolute Gasteiger partial charge is 0.307 e. The SMILES string of the molecule is COC(=O)CC(NC(=O)CCCCOc1cccc(C)c1)c1ccc(C)cc1. The molecule has 5 heteroatoms. The van der Waals surface area contributed by atoms with Crippen molar-refractivity contribution in [1.82, 2.24) is 5.32 Å². The molecule has 0 spiro atoms. The van der Waals surface area contributed by atoms with E-state index in [1.165, 1.54) is 7.11 Å². The Morgan fingerprint density at radius 1 is 1.00 bits per heavy atom. The summed E-state index contributed by atoms with van der Waals surface area (Å²) in [6.45, 7) is 4.59. The van der Waals surface area contributed by atoms with Crippen molar-refractivity contribution >= 4 is 11.9 Å². The monoisotopic (exact) mass is 383 g/mol. The summed E-state index contributed by atoms with van der Waals surface area (Å²) in [6.07, 6.45) is 2.01. The normalized spacial score (nSPS) is 11.5. The average molecular weight is 383 g/mol. The van der Waals surface area contributed by atoms with Crippen molar-refractivity contribution < 1.29 is 19.1 Å². The quantitative estimate of drug-likeness (QED) is 0.491. The van der Waals surface area contributed by atoms with E-state index in [9.17, 15) is 9.59 Å². The Morgan fingerprint density at radius 2 is 1.75 bits per heavy atom. The molecule has 0 saturated heterocycles. The van der Waals surface area contributed by atoms with E-state index < -0.39 is 0 Å². The van der Waals surface area contributed by atoms with E-state index in [0.29, 0.717) is 13.0 Å². The Labute approximate surface area is 167 Å². The highest BCUT2D eigenvalue weighted by Gasteiger charge is 2.18. The van der Waals surface area contributed by atoms with Gasteiger partial charge in [0.15, 0.2) is 0 Å². The highest BCUT2D eigenvalue weighted by atomic mass is 16.5. The highest BCUT2D eigenvalue weighted by Crippen LogP contribution is 2.19. The molecule has 0 heterocycles. The fraction of sp³-hybridized carbons (Fsp3) is 0.391. The van der Waals surface area contributed by atoms with Gasteiger partial charge in [-0.1, -0.05) is 42.0 Å². The van der Waals surface area contributed by atoms with E-state index in [-0.39, 0.29) is 24.3 Å². The summed E-state index contributed by atoms with van der Waals surface area (Å²) in [5, 5.41) is 2.95. The van der Waals surface area contributed by atoms with Gasteiger partial charge >= 0.3 is 5.97 Å². The molecule has 0 bridgehead atoms. The van der Waals surface area contributed by atoms with Gasteiger partial charge in [0.1, 0.15) is 5.75 Å². The Bertz CT molecular complexity index is 770. The van der Waals surface area contributed by atoms with Gasteiger partial charge in [-0.15, -0.1) is 0 Å². The lowest BCUT2D eigenvalue weighted by Crippen LogP contribution is -2.30. The summed E-state index contributed by atoms with van der Waals surface area (Å²) in [5.74, 6) is 0.421. The third-order valence-electron chi connectivity index (χ3n) is 4.47. The highest BCUT2D eigenvalue weighted by molar-refractivity contribution is 5.78. The molecule has 1 atom stereocenters. The van der Waals surface area contributed by atoms with Gasteiger partial charge < -0.3 is 14.8 Å². The molecule has 0 saturated carbocycles. The van der Waals surface area contributed by atoms with Crippen LogP contribution in [0.4, 0.5) is 0 Å². The van der Waals surface area contributed by atoms with Crippen molar-refractivity contribution in [2.45, 2.75) is 45.6 Å². The zero-order valence-electron chi connectivity index (χ0n) is 16.9. The third kappa shape index (κ3) is 7.43. The number of nitrogens with one attached hydrogen (secondary N) is 1. The molecule has 2 aromatic rings. The van der Waals surface area contributed by atoms with Gasteiger partial charge in [-0.25, -0.2) is 0 Å². The van der Waals surface area contributed by atoms with Crippen LogP contribution in [0.1, 0.15) is 48.4 Å². The lowest BCUT2D eigenvalue weighted by molar-refractivity contribution is -0.141. The van der Waals surface area contributed by atoms with Crippen molar-refractivity contribution in [2.24, 2.45) is 0 Å². The zero-order chi connectivity index (χ0) is 20.4. The topological polar surface area (TPSA) is 64.6 Å². The molecule has 150 valence electrons. The molecule has 0 fully saturated rings. The minimum atomic E-state index is -0.385. The Kier molecular flexibility index (Phi) is 8.53. The molecular formula is C23H29NO4. The van der Waals surface area contributed by atoms with Crippen LogP contribution in [0.3, 0.4) is 0 Å².